The Hall–Kier alpha value is -5.30. The molecule has 1 aromatic rings. The molecule has 0 aliphatic rings. The van der Waals surface area contributed by atoms with E-state index < -0.39 is 83.6 Å². The summed E-state index contributed by atoms with van der Waals surface area (Å²) in [5.74, 6) is -6.79. The number of aliphatic carboxylic acids is 2. The second kappa shape index (κ2) is 21.7. The fraction of sp³-hybridized carbons (Fsp3) is 0.562. The molecule has 5 amide bonds. The highest BCUT2D eigenvalue weighted by Crippen LogP contribution is 2.09. The van der Waals surface area contributed by atoms with E-state index in [4.69, 9.17) is 28.0 Å². The molecule has 0 aromatic heterocycles. The van der Waals surface area contributed by atoms with Gasteiger partial charge in [0, 0.05) is 13.0 Å². The molecule has 0 bridgehead atoms. The number of guanidine groups is 1. The van der Waals surface area contributed by atoms with Gasteiger partial charge in [-0.2, -0.15) is 0 Å². The molecule has 284 valence electrons. The van der Waals surface area contributed by atoms with Gasteiger partial charge >= 0.3 is 11.9 Å². The van der Waals surface area contributed by atoms with Crippen LogP contribution in [-0.4, -0.2) is 106 Å². The number of carboxylic acid groups (broad SMARTS) is 2. The summed E-state index contributed by atoms with van der Waals surface area (Å²) in [5, 5.41) is 31.0. The predicted molar refractivity (Wildman–Crippen MR) is 186 cm³/mol. The first kappa shape index (κ1) is 43.7. The number of hydrogen-bond donors (Lipinski definition) is 11. The van der Waals surface area contributed by atoms with Gasteiger partial charge in [0.15, 0.2) is 5.96 Å². The molecule has 5 atom stereocenters. The third-order valence-corrected chi connectivity index (χ3v) is 7.53. The van der Waals surface area contributed by atoms with Crippen molar-refractivity contribution in [3.05, 3.63) is 35.9 Å². The zero-order valence-electron chi connectivity index (χ0n) is 29.1. The SMILES string of the molecule is C[C@H](NC(=O)C(C)(C)NC(=O)[C@H](CCCN=C(N)N)NC(=O)[C@@H](N)CC(=O)O)C(=O)N[C@@H](Cc1ccccc1)C(=O)N[C@@H](CCCCN)C(=O)O. The summed E-state index contributed by atoms with van der Waals surface area (Å²) in [6.45, 7) is 4.52. The fourth-order valence-electron chi connectivity index (χ4n) is 4.60. The lowest BCUT2D eigenvalue weighted by atomic mass is 10.0. The molecule has 51 heavy (non-hydrogen) atoms. The number of unbranched alkanes of at least 4 members (excludes halogenated alkanes) is 1. The third-order valence-electron chi connectivity index (χ3n) is 7.53. The van der Waals surface area contributed by atoms with E-state index in [2.05, 4.69) is 31.6 Å². The molecule has 15 N–H and O–H groups in total. The van der Waals surface area contributed by atoms with E-state index in [1.165, 1.54) is 20.8 Å². The van der Waals surface area contributed by atoms with Crippen molar-refractivity contribution in [1.82, 2.24) is 26.6 Å². The number of benzene rings is 1. The zero-order valence-corrected chi connectivity index (χ0v) is 29.1. The van der Waals surface area contributed by atoms with Gasteiger partial charge in [0.2, 0.25) is 29.5 Å². The summed E-state index contributed by atoms with van der Waals surface area (Å²) in [4.78, 5) is 92.3. The Balaban J connectivity index is 3.06. The van der Waals surface area contributed by atoms with E-state index >= 15 is 0 Å². The molecule has 0 spiro atoms. The highest BCUT2D eigenvalue weighted by molar-refractivity contribution is 5.98. The smallest absolute Gasteiger partial charge is 0.326 e. The van der Waals surface area contributed by atoms with E-state index in [-0.39, 0.29) is 38.2 Å². The van der Waals surface area contributed by atoms with Gasteiger partial charge in [0.1, 0.15) is 29.7 Å². The van der Waals surface area contributed by atoms with Crippen LogP contribution < -0.4 is 49.5 Å². The molecule has 0 unspecified atom stereocenters. The number of carbonyl (C=O) groups excluding carboxylic acids is 5. The molecule has 19 heteroatoms. The zero-order chi connectivity index (χ0) is 38.7. The summed E-state index contributed by atoms with van der Waals surface area (Å²) >= 11 is 0. The van der Waals surface area contributed by atoms with E-state index in [0.717, 1.165) is 0 Å². The van der Waals surface area contributed by atoms with Crippen LogP contribution in [0.15, 0.2) is 35.3 Å². The van der Waals surface area contributed by atoms with Gasteiger partial charge in [-0.25, -0.2) is 4.79 Å². The summed E-state index contributed by atoms with van der Waals surface area (Å²) in [6, 6.07) is 2.34. The molecule has 19 nitrogen and oxygen atoms in total. The largest absolute Gasteiger partial charge is 0.481 e. The lowest BCUT2D eigenvalue weighted by Crippen LogP contribution is -2.62. The van der Waals surface area contributed by atoms with Gasteiger partial charge in [0.25, 0.3) is 0 Å². The second-order valence-corrected chi connectivity index (χ2v) is 12.5. The quantitative estimate of drug-likeness (QED) is 0.0309. The molecule has 1 aromatic carbocycles. The van der Waals surface area contributed by atoms with Crippen LogP contribution in [-0.2, 0) is 40.0 Å². The molecule has 0 heterocycles. The number of carboxylic acids is 2. The van der Waals surface area contributed by atoms with E-state index in [1.54, 1.807) is 30.3 Å². The average Bonchev–Trinajstić information content (AvgIpc) is 3.04. The lowest BCUT2D eigenvalue weighted by molar-refractivity contribution is -0.142. The first-order chi connectivity index (χ1) is 23.9. The van der Waals surface area contributed by atoms with Crippen molar-refractivity contribution in [2.24, 2.45) is 27.9 Å². The minimum absolute atomic E-state index is 0.00866. The van der Waals surface area contributed by atoms with Gasteiger partial charge in [-0.1, -0.05) is 30.3 Å². The standard InChI is InChI=1S/C32H52N10O9/c1-18(25(45)41-23(16-19-10-5-4-6-11-19)27(47)40-22(29(49)50)12-7-8-14-33)38-30(51)32(2,3)42-28(48)21(13-9-15-37-31(35)36)39-26(46)20(34)17-24(43)44/h4-6,10-11,18,20-23H,7-9,12-17,33-34H2,1-3H3,(H,38,51)(H,39,46)(H,40,47)(H,41,45)(H,42,48)(H,43,44)(H,49,50)(H4,35,36,37)/t18-,20-,21-,22-,23-/m0/s1. The molecular formula is C32H52N10O9. The Labute approximate surface area is 296 Å². The summed E-state index contributed by atoms with van der Waals surface area (Å²) in [5.41, 5.74) is 20.8. The Morgan fingerprint density at radius 2 is 1.37 bits per heavy atom. The van der Waals surface area contributed by atoms with Crippen molar-refractivity contribution in [1.29, 1.82) is 0 Å². The number of aliphatic imine (C=N–C) groups is 1. The molecule has 0 aliphatic heterocycles. The number of carbonyl (C=O) groups is 7. The third kappa shape index (κ3) is 16.8. The van der Waals surface area contributed by atoms with E-state index in [9.17, 15) is 38.7 Å². The van der Waals surface area contributed by atoms with Crippen LogP contribution in [0.3, 0.4) is 0 Å². The van der Waals surface area contributed by atoms with Crippen LogP contribution in [0, 0.1) is 0 Å². The molecular weight excluding hydrogens is 668 g/mol. The summed E-state index contributed by atoms with van der Waals surface area (Å²) < 4.78 is 0. The molecule has 0 saturated carbocycles. The maximum atomic E-state index is 13.3. The lowest BCUT2D eigenvalue weighted by Gasteiger charge is -2.30. The maximum Gasteiger partial charge on any atom is 0.326 e. The van der Waals surface area contributed by atoms with Crippen LogP contribution >= 0.6 is 0 Å². The molecule has 1 rings (SSSR count). The Bertz CT molecular complexity index is 1390. The van der Waals surface area contributed by atoms with Gasteiger partial charge in [-0.3, -0.25) is 33.8 Å². The van der Waals surface area contributed by atoms with E-state index in [0.29, 0.717) is 24.9 Å². The number of amides is 5. The van der Waals surface area contributed by atoms with Gasteiger partial charge in [-0.05, 0) is 65.0 Å². The first-order valence-electron chi connectivity index (χ1n) is 16.4. The Morgan fingerprint density at radius 1 is 0.784 bits per heavy atom. The number of nitrogens with zero attached hydrogens (tertiary/aromatic N) is 1. The molecule has 0 aliphatic carbocycles. The highest BCUT2D eigenvalue weighted by Gasteiger charge is 2.35. The Morgan fingerprint density at radius 3 is 1.94 bits per heavy atom. The minimum atomic E-state index is -1.66. The van der Waals surface area contributed by atoms with Crippen LogP contribution in [0.2, 0.25) is 0 Å². The predicted octanol–water partition coefficient (Wildman–Crippen LogP) is -2.85. The van der Waals surface area contributed by atoms with Gasteiger partial charge in [-0.15, -0.1) is 0 Å². The highest BCUT2D eigenvalue weighted by atomic mass is 16.4. The van der Waals surface area contributed by atoms with Gasteiger partial charge < -0.3 is 59.7 Å². The van der Waals surface area contributed by atoms with Crippen molar-refractivity contribution in [2.75, 3.05) is 13.1 Å². The van der Waals surface area contributed by atoms with Gasteiger partial charge in [0.05, 0.1) is 12.5 Å². The van der Waals surface area contributed by atoms with E-state index in [1.807, 2.05) is 0 Å². The van der Waals surface area contributed by atoms with Crippen molar-refractivity contribution < 1.29 is 43.8 Å². The maximum absolute atomic E-state index is 13.3. The summed E-state index contributed by atoms with van der Waals surface area (Å²) in [6.07, 6.45) is 0.689. The molecule has 0 radical (unpaired) electrons. The average molecular weight is 721 g/mol. The van der Waals surface area contributed by atoms with Crippen molar-refractivity contribution in [2.45, 2.75) is 101 Å². The fourth-order valence-corrected chi connectivity index (χ4v) is 4.60. The first-order valence-corrected chi connectivity index (χ1v) is 16.4. The number of nitrogens with two attached hydrogens (primary N) is 4. The van der Waals surface area contributed by atoms with Crippen LogP contribution in [0.4, 0.5) is 0 Å². The van der Waals surface area contributed by atoms with Crippen LogP contribution in [0.25, 0.3) is 0 Å². The molecule has 0 fully saturated rings. The van der Waals surface area contributed by atoms with Crippen molar-refractivity contribution in [3.8, 4) is 0 Å². The van der Waals surface area contributed by atoms with Crippen LogP contribution in [0.5, 0.6) is 0 Å². The monoisotopic (exact) mass is 720 g/mol. The topological polar surface area (TPSA) is 337 Å². The van der Waals surface area contributed by atoms with Crippen molar-refractivity contribution >= 4 is 47.4 Å². The number of nitrogens with one attached hydrogen (secondary N) is 5. The second-order valence-electron chi connectivity index (χ2n) is 12.5. The molecule has 0 saturated heterocycles. The summed E-state index contributed by atoms with van der Waals surface area (Å²) in [7, 11) is 0. The Kier molecular flexibility index (Phi) is 18.6. The number of hydrogen-bond acceptors (Lipinski definition) is 10. The minimum Gasteiger partial charge on any atom is -0.481 e. The number of rotatable bonds is 23. The normalized spacial score (nSPS) is 14.0. The van der Waals surface area contributed by atoms with Crippen LogP contribution in [0.1, 0.15) is 64.9 Å². The van der Waals surface area contributed by atoms with Crippen molar-refractivity contribution in [3.63, 3.8) is 0 Å².